The summed E-state index contributed by atoms with van der Waals surface area (Å²) in [6.07, 6.45) is 6.69. The van der Waals surface area contributed by atoms with Crippen LogP contribution in [0.25, 0.3) is 17.2 Å². The molecule has 0 heterocycles. The average Bonchev–Trinajstić information content (AvgIpc) is 2.46. The van der Waals surface area contributed by atoms with Crippen LogP contribution in [0.1, 0.15) is 17.5 Å². The van der Waals surface area contributed by atoms with Crippen LogP contribution in [0.15, 0.2) is 42.5 Å². The molecule has 0 saturated carbocycles. The van der Waals surface area contributed by atoms with Gasteiger partial charge in [-0.1, -0.05) is 30.4 Å². The van der Waals surface area contributed by atoms with Gasteiger partial charge in [-0.05, 0) is 53.3 Å². The summed E-state index contributed by atoms with van der Waals surface area (Å²) in [4.78, 5) is 0. The Bertz CT molecular complexity index is 642. The van der Waals surface area contributed by atoms with Crippen molar-refractivity contribution in [2.24, 2.45) is 0 Å². The summed E-state index contributed by atoms with van der Waals surface area (Å²) < 4.78 is 0. The van der Waals surface area contributed by atoms with Gasteiger partial charge in [-0.25, -0.2) is 0 Å². The lowest BCUT2D eigenvalue weighted by molar-refractivity contribution is 0.987. The molecule has 0 radical (unpaired) electrons. The standard InChI is InChI=1S/C17H18N2/c1-19-17-10-9-14(12-5-4-6-13(18)11-12)15-7-2-3-8-16(15)17/h2,4-7,9-11,19H,3,8,18H2,1H3. The van der Waals surface area contributed by atoms with Gasteiger partial charge in [-0.2, -0.15) is 0 Å². The zero-order chi connectivity index (χ0) is 13.2. The minimum atomic E-state index is 0.809. The molecule has 19 heavy (non-hydrogen) atoms. The summed E-state index contributed by atoms with van der Waals surface area (Å²) in [5.41, 5.74) is 13.1. The van der Waals surface area contributed by atoms with Crippen LogP contribution >= 0.6 is 0 Å². The van der Waals surface area contributed by atoms with Crippen molar-refractivity contribution >= 4 is 17.5 Å². The summed E-state index contributed by atoms with van der Waals surface area (Å²) in [6.45, 7) is 0. The van der Waals surface area contributed by atoms with Crippen molar-refractivity contribution in [3.05, 3.63) is 53.6 Å². The van der Waals surface area contributed by atoms with Gasteiger partial charge in [0.25, 0.3) is 0 Å². The molecule has 0 fully saturated rings. The first-order valence-electron chi connectivity index (χ1n) is 6.65. The lowest BCUT2D eigenvalue weighted by Crippen LogP contribution is -2.02. The first-order valence-corrected chi connectivity index (χ1v) is 6.65. The molecule has 3 N–H and O–H groups in total. The monoisotopic (exact) mass is 250 g/mol. The maximum Gasteiger partial charge on any atom is 0.0376 e. The number of fused-ring (bicyclic) bond motifs is 1. The second-order valence-electron chi connectivity index (χ2n) is 4.87. The maximum atomic E-state index is 5.90. The van der Waals surface area contributed by atoms with Crippen molar-refractivity contribution < 1.29 is 0 Å². The molecule has 3 rings (SSSR count). The van der Waals surface area contributed by atoms with E-state index in [4.69, 9.17) is 5.73 Å². The molecule has 2 nitrogen and oxygen atoms in total. The molecular weight excluding hydrogens is 232 g/mol. The van der Waals surface area contributed by atoms with Gasteiger partial charge in [-0.15, -0.1) is 0 Å². The first kappa shape index (κ1) is 11.8. The van der Waals surface area contributed by atoms with Gasteiger partial charge < -0.3 is 11.1 Å². The third kappa shape index (κ3) is 2.10. The molecule has 0 aromatic heterocycles. The highest BCUT2D eigenvalue weighted by atomic mass is 14.8. The lowest BCUT2D eigenvalue weighted by atomic mass is 9.88. The van der Waals surface area contributed by atoms with Crippen molar-refractivity contribution in [1.29, 1.82) is 0 Å². The number of benzene rings is 2. The zero-order valence-electron chi connectivity index (χ0n) is 11.1. The second kappa shape index (κ2) is 4.81. The molecule has 2 aromatic rings. The van der Waals surface area contributed by atoms with Crippen LogP contribution in [0.2, 0.25) is 0 Å². The number of nitrogens with two attached hydrogens (primary N) is 1. The van der Waals surface area contributed by atoms with E-state index in [1.165, 1.54) is 27.9 Å². The Labute approximate surface area is 114 Å². The Morgan fingerprint density at radius 1 is 1.16 bits per heavy atom. The van der Waals surface area contributed by atoms with Crippen LogP contribution in [0.4, 0.5) is 11.4 Å². The minimum Gasteiger partial charge on any atom is -0.399 e. The molecular formula is C17H18N2. The lowest BCUT2D eigenvalue weighted by Gasteiger charge is -2.19. The van der Waals surface area contributed by atoms with Crippen LogP contribution in [-0.4, -0.2) is 7.05 Å². The number of allylic oxidation sites excluding steroid dienone is 1. The Morgan fingerprint density at radius 3 is 2.84 bits per heavy atom. The number of hydrogen-bond donors (Lipinski definition) is 2. The molecule has 0 aliphatic heterocycles. The van der Waals surface area contributed by atoms with Gasteiger partial charge in [0.15, 0.2) is 0 Å². The average molecular weight is 250 g/mol. The number of anilines is 2. The Balaban J connectivity index is 2.21. The molecule has 0 unspecified atom stereocenters. The minimum absolute atomic E-state index is 0.809. The van der Waals surface area contributed by atoms with Gasteiger partial charge >= 0.3 is 0 Å². The van der Waals surface area contributed by atoms with Crippen LogP contribution in [-0.2, 0) is 6.42 Å². The molecule has 2 aromatic carbocycles. The van der Waals surface area contributed by atoms with E-state index in [0.29, 0.717) is 0 Å². The number of rotatable bonds is 2. The van der Waals surface area contributed by atoms with Gasteiger partial charge in [0, 0.05) is 18.4 Å². The van der Waals surface area contributed by atoms with Crippen LogP contribution in [0, 0.1) is 0 Å². The summed E-state index contributed by atoms with van der Waals surface area (Å²) in [6, 6.07) is 12.4. The quantitative estimate of drug-likeness (QED) is 0.792. The Hall–Kier alpha value is -2.22. The summed E-state index contributed by atoms with van der Waals surface area (Å²) in [7, 11) is 1.98. The van der Waals surface area contributed by atoms with E-state index in [9.17, 15) is 0 Å². The second-order valence-corrected chi connectivity index (χ2v) is 4.87. The topological polar surface area (TPSA) is 38.0 Å². The highest BCUT2D eigenvalue weighted by Gasteiger charge is 2.14. The van der Waals surface area contributed by atoms with Crippen LogP contribution < -0.4 is 11.1 Å². The molecule has 0 amide bonds. The molecule has 1 aliphatic carbocycles. The fourth-order valence-electron chi connectivity index (χ4n) is 2.75. The largest absolute Gasteiger partial charge is 0.399 e. The SMILES string of the molecule is CNc1ccc(-c2cccc(N)c2)c2c1CCC=C2. The number of hydrogen-bond acceptors (Lipinski definition) is 2. The van der Waals surface area contributed by atoms with Crippen molar-refractivity contribution in [3.8, 4) is 11.1 Å². The van der Waals surface area contributed by atoms with E-state index in [1.54, 1.807) is 0 Å². The van der Waals surface area contributed by atoms with E-state index in [-0.39, 0.29) is 0 Å². The highest BCUT2D eigenvalue weighted by molar-refractivity contribution is 5.82. The number of nitrogens with one attached hydrogen (secondary N) is 1. The highest BCUT2D eigenvalue weighted by Crippen LogP contribution is 2.35. The van der Waals surface area contributed by atoms with Gasteiger partial charge in [0.1, 0.15) is 0 Å². The van der Waals surface area contributed by atoms with E-state index >= 15 is 0 Å². The zero-order valence-corrected chi connectivity index (χ0v) is 11.1. The fourth-order valence-corrected chi connectivity index (χ4v) is 2.75. The third-order valence-corrected chi connectivity index (χ3v) is 3.67. The predicted octanol–water partition coefficient (Wildman–Crippen LogP) is 3.94. The van der Waals surface area contributed by atoms with Crippen molar-refractivity contribution in [3.63, 3.8) is 0 Å². The summed E-state index contributed by atoms with van der Waals surface area (Å²) in [5.74, 6) is 0. The Morgan fingerprint density at radius 2 is 2.05 bits per heavy atom. The molecule has 0 bridgehead atoms. The molecule has 0 spiro atoms. The first-order chi connectivity index (χ1) is 9.29. The maximum absolute atomic E-state index is 5.90. The van der Waals surface area contributed by atoms with Crippen LogP contribution in [0.3, 0.4) is 0 Å². The van der Waals surface area contributed by atoms with Crippen LogP contribution in [0.5, 0.6) is 0 Å². The van der Waals surface area contributed by atoms with E-state index in [0.717, 1.165) is 18.5 Å². The molecule has 1 aliphatic rings. The Kier molecular flexibility index (Phi) is 3.00. The smallest absolute Gasteiger partial charge is 0.0376 e. The molecule has 96 valence electrons. The van der Waals surface area contributed by atoms with E-state index in [1.807, 2.05) is 25.2 Å². The van der Waals surface area contributed by atoms with Crippen molar-refractivity contribution in [2.45, 2.75) is 12.8 Å². The van der Waals surface area contributed by atoms with Gasteiger partial charge in [0.05, 0.1) is 0 Å². The molecule has 0 atom stereocenters. The van der Waals surface area contributed by atoms with E-state index in [2.05, 4.69) is 35.7 Å². The predicted molar refractivity (Wildman–Crippen MR) is 83.2 cm³/mol. The molecule has 2 heteroatoms. The summed E-state index contributed by atoms with van der Waals surface area (Å²) in [5, 5.41) is 3.29. The van der Waals surface area contributed by atoms with Gasteiger partial charge in [0.2, 0.25) is 0 Å². The van der Waals surface area contributed by atoms with Gasteiger partial charge in [-0.3, -0.25) is 0 Å². The third-order valence-electron chi connectivity index (χ3n) is 3.67. The summed E-state index contributed by atoms with van der Waals surface area (Å²) >= 11 is 0. The fraction of sp³-hybridized carbons (Fsp3) is 0.176. The normalized spacial score (nSPS) is 13.1. The van der Waals surface area contributed by atoms with E-state index < -0.39 is 0 Å². The molecule has 0 saturated heterocycles. The number of nitrogen functional groups attached to an aromatic ring is 1. The van der Waals surface area contributed by atoms with Crippen molar-refractivity contribution in [2.75, 3.05) is 18.1 Å². The van der Waals surface area contributed by atoms with Crippen molar-refractivity contribution in [1.82, 2.24) is 0 Å².